The fourth-order valence-electron chi connectivity index (χ4n) is 3.75. The number of rotatable bonds is 6. The van der Waals surface area contributed by atoms with E-state index in [1.165, 1.54) is 10.5 Å². The summed E-state index contributed by atoms with van der Waals surface area (Å²) >= 11 is 1.87. The van der Waals surface area contributed by atoms with Gasteiger partial charge in [0.05, 0.1) is 6.04 Å². The maximum absolute atomic E-state index is 13.0. The average Bonchev–Trinajstić information content (AvgIpc) is 3.28. The number of ketones is 1. The second-order valence-electron chi connectivity index (χ2n) is 7.00. The summed E-state index contributed by atoms with van der Waals surface area (Å²) in [5, 5.41) is 1.07. The molecule has 1 saturated heterocycles. The highest BCUT2D eigenvalue weighted by atomic mass is 32.2. The van der Waals surface area contributed by atoms with Crippen molar-refractivity contribution in [3.8, 4) is 0 Å². The zero-order valence-corrected chi connectivity index (χ0v) is 15.9. The molecule has 1 aromatic heterocycles. The van der Waals surface area contributed by atoms with Gasteiger partial charge in [0.2, 0.25) is 0 Å². The average molecular weight is 365 g/mol. The Hall–Kier alpha value is -2.04. The number of H-pyrrole nitrogens is 1. The molecule has 0 bridgehead atoms. The van der Waals surface area contributed by atoms with E-state index in [-0.39, 0.29) is 11.8 Å². The first-order valence-electron chi connectivity index (χ1n) is 9.25. The maximum atomic E-state index is 13.0. The summed E-state index contributed by atoms with van der Waals surface area (Å²) < 4.78 is 0. The van der Waals surface area contributed by atoms with Crippen molar-refractivity contribution in [2.24, 2.45) is 0 Å². The number of nitrogens with one attached hydrogen (secondary N) is 1. The van der Waals surface area contributed by atoms with E-state index in [1.54, 1.807) is 0 Å². The third-order valence-electron chi connectivity index (χ3n) is 5.24. The van der Waals surface area contributed by atoms with Gasteiger partial charge in [-0.2, -0.15) is 0 Å². The monoisotopic (exact) mass is 364 g/mol. The summed E-state index contributed by atoms with van der Waals surface area (Å²) in [6, 6.07) is 17.0. The molecule has 134 valence electrons. The largest absolute Gasteiger partial charge is 0.360 e. The van der Waals surface area contributed by atoms with Gasteiger partial charge in [0, 0.05) is 33.3 Å². The topological polar surface area (TPSA) is 36.1 Å². The Kier molecular flexibility index (Phi) is 5.14. The predicted molar refractivity (Wildman–Crippen MR) is 109 cm³/mol. The van der Waals surface area contributed by atoms with Crippen molar-refractivity contribution in [3.63, 3.8) is 0 Å². The van der Waals surface area contributed by atoms with Crippen molar-refractivity contribution in [2.75, 3.05) is 19.3 Å². The summed E-state index contributed by atoms with van der Waals surface area (Å²) in [7, 11) is 2.05. The third-order valence-corrected chi connectivity index (χ3v) is 6.25. The van der Waals surface area contributed by atoms with E-state index in [9.17, 15) is 4.79 Å². The lowest BCUT2D eigenvalue weighted by Gasteiger charge is -2.17. The molecular weight excluding hydrogens is 340 g/mol. The van der Waals surface area contributed by atoms with Crippen LogP contribution in [0.3, 0.4) is 0 Å². The molecule has 0 radical (unpaired) electrons. The minimum absolute atomic E-state index is 0.0336. The van der Waals surface area contributed by atoms with Crippen LogP contribution >= 0.6 is 11.8 Å². The first-order valence-corrected chi connectivity index (χ1v) is 10.2. The molecule has 26 heavy (non-hydrogen) atoms. The van der Waals surface area contributed by atoms with Crippen LogP contribution in [0.5, 0.6) is 0 Å². The number of likely N-dealkylation sites (N-methyl/N-ethyl adjacent to an activating group) is 1. The van der Waals surface area contributed by atoms with Crippen LogP contribution in [0.25, 0.3) is 10.9 Å². The van der Waals surface area contributed by atoms with Crippen LogP contribution in [-0.2, 0) is 6.42 Å². The Morgan fingerprint density at radius 1 is 1.23 bits per heavy atom. The quantitative estimate of drug-likeness (QED) is 0.505. The zero-order valence-electron chi connectivity index (χ0n) is 15.1. The van der Waals surface area contributed by atoms with E-state index < -0.39 is 0 Å². The normalized spacial score (nSPS) is 17.8. The van der Waals surface area contributed by atoms with Gasteiger partial charge in [-0.15, -0.1) is 11.8 Å². The van der Waals surface area contributed by atoms with Gasteiger partial charge in [-0.25, -0.2) is 0 Å². The summed E-state index contributed by atoms with van der Waals surface area (Å²) in [5.74, 6) is 1.29. The Bertz CT molecular complexity index is 903. The minimum Gasteiger partial charge on any atom is -0.360 e. The highest BCUT2D eigenvalue weighted by molar-refractivity contribution is 7.99. The zero-order chi connectivity index (χ0) is 17.9. The summed E-state index contributed by atoms with van der Waals surface area (Å²) in [4.78, 5) is 19.7. The number of carbonyl (C=O) groups is 1. The van der Waals surface area contributed by atoms with Gasteiger partial charge in [-0.3, -0.25) is 9.69 Å². The molecule has 3 aromatic rings. The number of aromatic nitrogens is 1. The number of hydrogen-bond donors (Lipinski definition) is 1. The molecule has 1 aliphatic heterocycles. The van der Waals surface area contributed by atoms with E-state index in [4.69, 9.17) is 0 Å². The van der Waals surface area contributed by atoms with Crippen molar-refractivity contribution >= 4 is 28.4 Å². The van der Waals surface area contributed by atoms with Crippen molar-refractivity contribution < 1.29 is 4.79 Å². The lowest BCUT2D eigenvalue weighted by molar-refractivity contribution is 0.0892. The van der Waals surface area contributed by atoms with Crippen LogP contribution in [-0.4, -0.2) is 41.1 Å². The van der Waals surface area contributed by atoms with Crippen molar-refractivity contribution in [1.82, 2.24) is 9.88 Å². The highest BCUT2D eigenvalue weighted by Crippen LogP contribution is 2.26. The molecule has 0 unspecified atom stereocenters. The molecule has 3 nitrogen and oxygen atoms in total. The van der Waals surface area contributed by atoms with Gasteiger partial charge in [-0.1, -0.05) is 24.3 Å². The van der Waals surface area contributed by atoms with Gasteiger partial charge in [0.25, 0.3) is 0 Å². The van der Waals surface area contributed by atoms with Crippen LogP contribution in [0, 0.1) is 0 Å². The van der Waals surface area contributed by atoms with Gasteiger partial charge in [0.15, 0.2) is 5.78 Å². The molecule has 1 fully saturated rings. The second-order valence-corrected chi connectivity index (χ2v) is 8.17. The van der Waals surface area contributed by atoms with E-state index in [2.05, 4.69) is 59.4 Å². The molecule has 0 amide bonds. The molecule has 2 aromatic carbocycles. The van der Waals surface area contributed by atoms with Crippen LogP contribution < -0.4 is 0 Å². The number of thioether (sulfide) groups is 1. The molecule has 1 aliphatic rings. The number of Topliss-reactive ketones (excluding diaryl/α,β-unsaturated/α-hetero) is 1. The fraction of sp³-hybridized carbons (Fsp3) is 0.318. The highest BCUT2D eigenvalue weighted by Gasteiger charge is 2.29. The first kappa shape index (κ1) is 17.4. The molecule has 4 rings (SSSR count). The summed E-state index contributed by atoms with van der Waals surface area (Å²) in [6.07, 6.45) is 4.96. The molecular formula is C22H24N2OS. The molecule has 4 heteroatoms. The van der Waals surface area contributed by atoms with Gasteiger partial charge in [-0.05, 0) is 62.7 Å². The van der Waals surface area contributed by atoms with E-state index in [0.29, 0.717) is 0 Å². The van der Waals surface area contributed by atoms with Gasteiger partial charge < -0.3 is 4.98 Å². The number of aryl methyl sites for hydroxylation is 1. The summed E-state index contributed by atoms with van der Waals surface area (Å²) in [5.41, 5.74) is 3.18. The lowest BCUT2D eigenvalue weighted by atomic mass is 10.00. The number of fused-ring (bicyclic) bond motifs is 1. The molecule has 0 aliphatic carbocycles. The van der Waals surface area contributed by atoms with E-state index in [1.807, 2.05) is 24.0 Å². The number of benzene rings is 2. The fourth-order valence-corrected chi connectivity index (χ4v) is 4.67. The molecule has 1 atom stereocenters. The predicted octanol–water partition coefficient (Wildman–Crippen LogP) is 4.78. The molecule has 1 N–H and O–H groups in total. The maximum Gasteiger partial charge on any atom is 0.182 e. The smallest absolute Gasteiger partial charge is 0.182 e. The number of aromatic amines is 1. The van der Waals surface area contributed by atoms with E-state index in [0.717, 1.165) is 48.0 Å². The van der Waals surface area contributed by atoms with Crippen LogP contribution in [0.2, 0.25) is 0 Å². The Balaban J connectivity index is 1.50. The third kappa shape index (κ3) is 3.57. The Morgan fingerprint density at radius 2 is 2.08 bits per heavy atom. The number of nitrogens with zero attached hydrogens (tertiary/aromatic N) is 1. The van der Waals surface area contributed by atoms with Crippen molar-refractivity contribution in [3.05, 3.63) is 65.9 Å². The number of likely N-dealkylation sites (tertiary alicyclic amines) is 1. The molecule has 2 heterocycles. The van der Waals surface area contributed by atoms with Gasteiger partial charge >= 0.3 is 0 Å². The van der Waals surface area contributed by atoms with Crippen LogP contribution in [0.4, 0.5) is 0 Å². The Morgan fingerprint density at radius 3 is 2.85 bits per heavy atom. The first-order chi connectivity index (χ1) is 12.7. The van der Waals surface area contributed by atoms with Crippen LogP contribution in [0.15, 0.2) is 59.6 Å². The summed E-state index contributed by atoms with van der Waals surface area (Å²) in [6.45, 7) is 1.01. The number of hydrogen-bond acceptors (Lipinski definition) is 3. The second kappa shape index (κ2) is 7.68. The molecule has 0 spiro atoms. The lowest BCUT2D eigenvalue weighted by Crippen LogP contribution is -2.32. The van der Waals surface area contributed by atoms with Crippen molar-refractivity contribution in [2.45, 2.75) is 30.2 Å². The van der Waals surface area contributed by atoms with Crippen LogP contribution in [0.1, 0.15) is 28.8 Å². The van der Waals surface area contributed by atoms with Crippen molar-refractivity contribution in [1.29, 1.82) is 0 Å². The number of carbonyl (C=O) groups excluding carboxylic acids is 1. The van der Waals surface area contributed by atoms with E-state index >= 15 is 0 Å². The Labute approximate surface area is 158 Å². The minimum atomic E-state index is 0.0336. The SMILES string of the molecule is CN1CCC[C@@H]1C(=O)c1c[nH]c2ccc(CCSc3ccccc3)cc12. The molecule has 0 saturated carbocycles. The van der Waals surface area contributed by atoms with Gasteiger partial charge in [0.1, 0.15) is 0 Å². The standard InChI is InChI=1S/C22H24N2OS/c1-24-12-5-8-21(24)22(25)19-15-23-20-10-9-16(14-18(19)20)11-13-26-17-6-3-2-4-7-17/h2-4,6-7,9-10,14-15,21,23H,5,8,11-13H2,1H3/t21-/m1/s1.